The summed E-state index contributed by atoms with van der Waals surface area (Å²) in [6.07, 6.45) is 0.497. The normalized spacial score (nSPS) is 17.0. The van der Waals surface area contributed by atoms with E-state index in [-0.39, 0.29) is 15.8 Å². The largest absolute Gasteiger partial charge is 0.340 e. The van der Waals surface area contributed by atoms with Crippen LogP contribution in [0.1, 0.15) is 20.3 Å². The fraction of sp³-hybridized carbons (Fsp3) is 0.533. The number of amides is 1. The predicted octanol–water partition coefficient (Wildman–Crippen LogP) is 2.22. The number of carbonyl (C=O) groups excluding carboxylic acids is 1. The summed E-state index contributed by atoms with van der Waals surface area (Å²) in [6, 6.07) is 6.43. The average Bonchev–Trinajstić information content (AvgIpc) is 2.47. The van der Waals surface area contributed by atoms with Crippen molar-refractivity contribution in [3.63, 3.8) is 0 Å². The van der Waals surface area contributed by atoms with Crippen LogP contribution in [0.5, 0.6) is 0 Å². The first-order chi connectivity index (χ1) is 10.3. The SMILES string of the molecule is CC(C)CC(=O)N1CCN(S(=O)(=O)c2ccccc2Cl)CC1. The molecule has 0 aromatic heterocycles. The molecule has 22 heavy (non-hydrogen) atoms. The Labute approximate surface area is 136 Å². The number of hydrogen-bond acceptors (Lipinski definition) is 3. The molecule has 122 valence electrons. The molecular weight excluding hydrogens is 324 g/mol. The average molecular weight is 345 g/mol. The fourth-order valence-corrected chi connectivity index (χ4v) is 4.36. The van der Waals surface area contributed by atoms with Crippen LogP contribution >= 0.6 is 11.6 Å². The summed E-state index contributed by atoms with van der Waals surface area (Å²) in [5.41, 5.74) is 0. The molecule has 2 rings (SSSR count). The van der Waals surface area contributed by atoms with Crippen molar-refractivity contribution in [2.75, 3.05) is 26.2 Å². The Kier molecular flexibility index (Phi) is 5.47. The van der Waals surface area contributed by atoms with E-state index in [9.17, 15) is 13.2 Å². The number of rotatable bonds is 4. The minimum Gasteiger partial charge on any atom is -0.340 e. The smallest absolute Gasteiger partial charge is 0.244 e. The molecule has 1 aromatic rings. The van der Waals surface area contributed by atoms with E-state index in [0.29, 0.717) is 38.5 Å². The summed E-state index contributed by atoms with van der Waals surface area (Å²) in [7, 11) is -3.60. The monoisotopic (exact) mass is 344 g/mol. The summed E-state index contributed by atoms with van der Waals surface area (Å²) in [4.78, 5) is 13.9. The number of halogens is 1. The van der Waals surface area contributed by atoms with Crippen molar-refractivity contribution in [1.82, 2.24) is 9.21 Å². The van der Waals surface area contributed by atoms with E-state index >= 15 is 0 Å². The van der Waals surface area contributed by atoms with Crippen molar-refractivity contribution in [3.05, 3.63) is 29.3 Å². The second-order valence-corrected chi connectivity index (χ2v) is 8.13. The molecule has 0 radical (unpaired) electrons. The Hall–Kier alpha value is -1.11. The van der Waals surface area contributed by atoms with E-state index in [1.54, 1.807) is 23.1 Å². The van der Waals surface area contributed by atoms with Gasteiger partial charge in [0.05, 0.1) is 5.02 Å². The lowest BCUT2D eigenvalue weighted by Crippen LogP contribution is -2.50. The van der Waals surface area contributed by atoms with E-state index in [2.05, 4.69) is 0 Å². The lowest BCUT2D eigenvalue weighted by molar-refractivity contribution is -0.133. The van der Waals surface area contributed by atoms with Crippen molar-refractivity contribution >= 4 is 27.5 Å². The van der Waals surface area contributed by atoms with Gasteiger partial charge in [-0.25, -0.2) is 8.42 Å². The maximum Gasteiger partial charge on any atom is 0.244 e. The van der Waals surface area contributed by atoms with Crippen LogP contribution in [0.2, 0.25) is 5.02 Å². The van der Waals surface area contributed by atoms with Crippen LogP contribution in [0.3, 0.4) is 0 Å². The maximum atomic E-state index is 12.6. The highest BCUT2D eigenvalue weighted by molar-refractivity contribution is 7.89. The van der Waals surface area contributed by atoms with Crippen LogP contribution in [0.4, 0.5) is 0 Å². The van der Waals surface area contributed by atoms with Crippen LogP contribution in [0.15, 0.2) is 29.2 Å². The molecule has 7 heteroatoms. The highest BCUT2D eigenvalue weighted by Gasteiger charge is 2.31. The number of sulfonamides is 1. The third-order valence-electron chi connectivity index (χ3n) is 3.63. The number of piperazine rings is 1. The molecule has 1 fully saturated rings. The molecule has 0 N–H and O–H groups in total. The molecule has 1 saturated heterocycles. The summed E-state index contributed by atoms with van der Waals surface area (Å²) in [5, 5.41) is 0.223. The Balaban J connectivity index is 2.05. The molecule has 1 amide bonds. The van der Waals surface area contributed by atoms with E-state index in [0.717, 1.165) is 0 Å². The van der Waals surface area contributed by atoms with Crippen molar-refractivity contribution in [2.45, 2.75) is 25.2 Å². The lowest BCUT2D eigenvalue weighted by atomic mass is 10.1. The Bertz CT molecular complexity index is 638. The topological polar surface area (TPSA) is 57.7 Å². The zero-order valence-corrected chi connectivity index (χ0v) is 14.4. The molecule has 5 nitrogen and oxygen atoms in total. The third-order valence-corrected chi connectivity index (χ3v) is 6.03. The number of nitrogens with zero attached hydrogens (tertiary/aromatic N) is 2. The van der Waals surface area contributed by atoms with Crippen LogP contribution < -0.4 is 0 Å². The molecule has 0 unspecified atom stereocenters. The van der Waals surface area contributed by atoms with Crippen molar-refractivity contribution in [3.8, 4) is 0 Å². The summed E-state index contributed by atoms with van der Waals surface area (Å²) in [6.45, 7) is 5.45. The maximum absolute atomic E-state index is 12.6. The number of hydrogen-bond donors (Lipinski definition) is 0. The van der Waals surface area contributed by atoms with Gasteiger partial charge in [0.2, 0.25) is 15.9 Å². The molecule has 0 saturated carbocycles. The highest BCUT2D eigenvalue weighted by atomic mass is 35.5. The predicted molar refractivity (Wildman–Crippen MR) is 86.2 cm³/mol. The number of carbonyl (C=O) groups is 1. The minimum atomic E-state index is -3.60. The van der Waals surface area contributed by atoms with Gasteiger partial charge in [-0.15, -0.1) is 0 Å². The Morgan fingerprint density at radius 2 is 1.77 bits per heavy atom. The van der Waals surface area contributed by atoms with Gasteiger partial charge in [-0.1, -0.05) is 37.6 Å². The van der Waals surface area contributed by atoms with E-state index in [1.165, 1.54) is 10.4 Å². The molecule has 0 atom stereocenters. The van der Waals surface area contributed by atoms with E-state index in [1.807, 2.05) is 13.8 Å². The Morgan fingerprint density at radius 1 is 1.18 bits per heavy atom. The van der Waals surface area contributed by atoms with Crippen molar-refractivity contribution in [2.24, 2.45) is 5.92 Å². The first kappa shape index (κ1) is 17.2. The van der Waals surface area contributed by atoms with Gasteiger partial charge in [-0.05, 0) is 18.1 Å². The first-order valence-corrected chi connectivity index (χ1v) is 9.16. The van der Waals surface area contributed by atoms with E-state index < -0.39 is 10.0 Å². The molecule has 0 bridgehead atoms. The van der Waals surface area contributed by atoms with Gasteiger partial charge in [0, 0.05) is 32.6 Å². The first-order valence-electron chi connectivity index (χ1n) is 7.35. The standard InChI is InChI=1S/C15H21ClN2O3S/c1-12(2)11-15(19)17-7-9-18(10-8-17)22(20,21)14-6-4-3-5-13(14)16/h3-6,12H,7-11H2,1-2H3. The van der Waals surface area contributed by atoms with Gasteiger partial charge in [0.25, 0.3) is 0 Å². The van der Waals surface area contributed by atoms with Gasteiger partial charge in [0.15, 0.2) is 0 Å². The molecule has 1 aromatic carbocycles. The van der Waals surface area contributed by atoms with Gasteiger partial charge in [-0.3, -0.25) is 4.79 Å². The third kappa shape index (κ3) is 3.80. The fourth-order valence-electron chi connectivity index (χ4n) is 2.45. The summed E-state index contributed by atoms with van der Waals surface area (Å²) >= 11 is 5.99. The van der Waals surface area contributed by atoms with Crippen LogP contribution in [-0.2, 0) is 14.8 Å². The minimum absolute atomic E-state index is 0.0878. The van der Waals surface area contributed by atoms with Crippen molar-refractivity contribution < 1.29 is 13.2 Å². The highest BCUT2D eigenvalue weighted by Crippen LogP contribution is 2.25. The molecular formula is C15H21ClN2O3S. The van der Waals surface area contributed by atoms with Gasteiger partial charge >= 0.3 is 0 Å². The molecule has 1 aliphatic heterocycles. The summed E-state index contributed by atoms with van der Waals surface area (Å²) < 4.78 is 26.6. The van der Waals surface area contributed by atoms with Crippen LogP contribution in [0, 0.1) is 5.92 Å². The van der Waals surface area contributed by atoms with Crippen molar-refractivity contribution in [1.29, 1.82) is 0 Å². The quantitative estimate of drug-likeness (QED) is 0.841. The second kappa shape index (κ2) is 6.98. The van der Waals surface area contributed by atoms with Crippen LogP contribution in [0.25, 0.3) is 0 Å². The summed E-state index contributed by atoms with van der Waals surface area (Å²) in [5.74, 6) is 0.391. The Morgan fingerprint density at radius 3 is 2.32 bits per heavy atom. The molecule has 1 heterocycles. The lowest BCUT2D eigenvalue weighted by Gasteiger charge is -2.34. The zero-order valence-electron chi connectivity index (χ0n) is 12.8. The van der Waals surface area contributed by atoms with E-state index in [4.69, 9.17) is 11.6 Å². The van der Waals surface area contributed by atoms with Gasteiger partial charge in [-0.2, -0.15) is 4.31 Å². The zero-order chi connectivity index (χ0) is 16.3. The molecule has 0 spiro atoms. The van der Waals surface area contributed by atoms with Gasteiger partial charge in [0.1, 0.15) is 4.90 Å². The van der Waals surface area contributed by atoms with Gasteiger partial charge < -0.3 is 4.90 Å². The second-order valence-electron chi connectivity index (χ2n) is 5.81. The molecule has 1 aliphatic rings. The number of benzene rings is 1. The van der Waals surface area contributed by atoms with Crippen LogP contribution in [-0.4, -0.2) is 49.7 Å². The molecule has 0 aliphatic carbocycles.